The maximum atomic E-state index is 13.3. The van der Waals surface area contributed by atoms with E-state index in [0.29, 0.717) is 54.2 Å². The summed E-state index contributed by atoms with van der Waals surface area (Å²) >= 11 is 13.2. The summed E-state index contributed by atoms with van der Waals surface area (Å²) in [5.74, 6) is -1.56. The summed E-state index contributed by atoms with van der Waals surface area (Å²) in [6.07, 6.45) is 5.78. The van der Waals surface area contributed by atoms with Crippen LogP contribution >= 0.6 is 23.2 Å². The summed E-state index contributed by atoms with van der Waals surface area (Å²) < 4.78 is 5.43. The predicted molar refractivity (Wildman–Crippen MR) is 161 cm³/mol. The normalized spacial score (nSPS) is 17.6. The van der Waals surface area contributed by atoms with Crippen molar-refractivity contribution in [1.29, 1.82) is 5.26 Å². The SMILES string of the molecule is C[C@@H]1CCCN(C(=NC[C@H](NC(=O)c2c(Cl)cc3c(c2Cl)CCN(C(=O)c2ccc4ccoc4c2)C3)C(=O)O)NC#N)C1. The Balaban J connectivity index is 1.31. The van der Waals surface area contributed by atoms with Gasteiger partial charge in [0.1, 0.15) is 11.6 Å². The number of likely N-dealkylation sites (tertiary alicyclic amines) is 1. The molecule has 3 heterocycles. The molecule has 43 heavy (non-hydrogen) atoms. The van der Waals surface area contributed by atoms with Crippen LogP contribution in [0.2, 0.25) is 10.0 Å². The number of carbonyl (C=O) groups excluding carboxylic acids is 2. The van der Waals surface area contributed by atoms with Gasteiger partial charge in [0.05, 0.1) is 28.4 Å². The topological polar surface area (TPSA) is 151 Å². The van der Waals surface area contributed by atoms with Crippen LogP contribution in [0.4, 0.5) is 0 Å². The molecular weight excluding hydrogens is 595 g/mol. The van der Waals surface area contributed by atoms with Crippen LogP contribution in [0, 0.1) is 17.4 Å². The van der Waals surface area contributed by atoms with Gasteiger partial charge in [-0.2, -0.15) is 5.26 Å². The molecule has 0 aliphatic carbocycles. The molecule has 2 aliphatic rings. The van der Waals surface area contributed by atoms with Gasteiger partial charge in [0.2, 0.25) is 5.96 Å². The molecule has 2 aliphatic heterocycles. The smallest absolute Gasteiger partial charge is 0.328 e. The first-order chi connectivity index (χ1) is 20.7. The van der Waals surface area contributed by atoms with E-state index in [0.717, 1.165) is 18.2 Å². The number of aliphatic imine (C=N–C) groups is 1. The molecule has 3 aromatic rings. The van der Waals surface area contributed by atoms with Gasteiger partial charge in [-0.1, -0.05) is 36.2 Å². The van der Waals surface area contributed by atoms with E-state index in [9.17, 15) is 24.8 Å². The van der Waals surface area contributed by atoms with E-state index in [-0.39, 0.29) is 40.6 Å². The number of nitrogens with one attached hydrogen (secondary N) is 2. The molecule has 2 aromatic carbocycles. The van der Waals surface area contributed by atoms with E-state index in [1.807, 2.05) is 23.2 Å². The number of guanidine groups is 1. The lowest BCUT2D eigenvalue weighted by Crippen LogP contribution is -2.47. The molecular formula is C30H30Cl2N6O5. The minimum absolute atomic E-state index is 0.0364. The maximum Gasteiger partial charge on any atom is 0.328 e. The van der Waals surface area contributed by atoms with Gasteiger partial charge in [0, 0.05) is 37.1 Å². The fourth-order valence-corrected chi connectivity index (χ4v) is 6.31. The minimum atomic E-state index is -1.40. The first-order valence-corrected chi connectivity index (χ1v) is 14.7. The summed E-state index contributed by atoms with van der Waals surface area (Å²) in [6.45, 7) is 3.75. The second-order valence-electron chi connectivity index (χ2n) is 10.8. The van der Waals surface area contributed by atoms with Gasteiger partial charge in [0.15, 0.2) is 6.19 Å². The highest BCUT2D eigenvalue weighted by molar-refractivity contribution is 6.40. The van der Waals surface area contributed by atoms with Crippen LogP contribution in [-0.2, 0) is 17.8 Å². The fourth-order valence-electron chi connectivity index (χ4n) is 5.55. The second-order valence-corrected chi connectivity index (χ2v) is 11.6. The number of nitriles is 1. The first kappa shape index (κ1) is 30.2. The van der Waals surface area contributed by atoms with Crippen molar-refractivity contribution in [3.8, 4) is 6.19 Å². The average Bonchev–Trinajstić information content (AvgIpc) is 3.46. The monoisotopic (exact) mass is 624 g/mol. The number of halogens is 2. The zero-order valence-electron chi connectivity index (χ0n) is 23.4. The van der Waals surface area contributed by atoms with Gasteiger partial charge in [0.25, 0.3) is 11.8 Å². The van der Waals surface area contributed by atoms with E-state index >= 15 is 0 Å². The highest BCUT2D eigenvalue weighted by atomic mass is 35.5. The Morgan fingerprint density at radius 1 is 1.21 bits per heavy atom. The third kappa shape index (κ3) is 6.55. The van der Waals surface area contributed by atoms with Crippen LogP contribution < -0.4 is 10.6 Å². The van der Waals surface area contributed by atoms with E-state index in [2.05, 4.69) is 22.5 Å². The van der Waals surface area contributed by atoms with Crippen molar-refractivity contribution in [3.05, 3.63) is 68.9 Å². The number of nitrogens with zero attached hydrogens (tertiary/aromatic N) is 4. The molecule has 1 fully saturated rings. The van der Waals surface area contributed by atoms with E-state index < -0.39 is 17.9 Å². The molecule has 0 spiro atoms. The van der Waals surface area contributed by atoms with Crippen molar-refractivity contribution in [2.45, 2.75) is 38.8 Å². The van der Waals surface area contributed by atoms with Crippen LogP contribution in [0.3, 0.4) is 0 Å². The third-order valence-electron chi connectivity index (χ3n) is 7.77. The number of carboxylic acid groups (broad SMARTS) is 1. The molecule has 0 unspecified atom stereocenters. The molecule has 11 nitrogen and oxygen atoms in total. The molecule has 5 rings (SSSR count). The summed E-state index contributed by atoms with van der Waals surface area (Å²) in [4.78, 5) is 46.5. The lowest BCUT2D eigenvalue weighted by atomic mass is 9.96. The molecule has 13 heteroatoms. The molecule has 3 N–H and O–H groups in total. The summed E-state index contributed by atoms with van der Waals surface area (Å²) in [7, 11) is 0. The van der Waals surface area contributed by atoms with Gasteiger partial charge < -0.3 is 24.6 Å². The number of aliphatic carboxylic acids is 1. The summed E-state index contributed by atoms with van der Waals surface area (Å²) in [6, 6.07) is 7.30. The first-order valence-electron chi connectivity index (χ1n) is 13.9. The van der Waals surface area contributed by atoms with Crippen LogP contribution in [0.25, 0.3) is 11.0 Å². The van der Waals surface area contributed by atoms with Gasteiger partial charge >= 0.3 is 5.97 Å². The highest BCUT2D eigenvalue weighted by Gasteiger charge is 2.30. The standard InChI is InChI=1S/C30H30Cl2N6O5/c1-17-3-2-8-38(14-17)30(35-16-33)34-13-23(29(41)42)36-27(39)25-22(31)11-20-15-37(9-6-21(20)26(25)32)28(40)19-5-4-18-7-10-43-24(18)12-19/h4-5,7,10-12,17,23H,2-3,6,8-9,13-15H2,1H3,(H,34,35)(H,36,39)(H,41,42)/t17-,23+/m1/s1. The van der Waals surface area contributed by atoms with Gasteiger partial charge in [-0.15, -0.1) is 0 Å². The second kappa shape index (κ2) is 12.9. The number of furan rings is 1. The fraction of sp³-hybridized carbons (Fsp3) is 0.367. The molecule has 1 saturated heterocycles. The summed E-state index contributed by atoms with van der Waals surface area (Å²) in [5.41, 5.74) is 2.44. The van der Waals surface area contributed by atoms with Gasteiger partial charge in [-0.25, -0.2) is 9.79 Å². The molecule has 2 atom stereocenters. The number of carboxylic acids is 1. The summed E-state index contributed by atoms with van der Waals surface area (Å²) in [5, 5.41) is 25.1. The Kier molecular flexibility index (Phi) is 9.08. The van der Waals surface area contributed by atoms with Crippen molar-refractivity contribution in [2.75, 3.05) is 26.2 Å². The van der Waals surface area contributed by atoms with Crippen molar-refractivity contribution in [3.63, 3.8) is 0 Å². The Bertz CT molecular complexity index is 1650. The number of piperidine rings is 1. The van der Waals surface area contributed by atoms with Crippen molar-refractivity contribution in [2.24, 2.45) is 10.9 Å². The number of hydrogen-bond acceptors (Lipinski definition) is 6. The Morgan fingerprint density at radius 3 is 2.77 bits per heavy atom. The number of fused-ring (bicyclic) bond motifs is 2. The van der Waals surface area contributed by atoms with Crippen molar-refractivity contribution >= 4 is 57.9 Å². The number of benzene rings is 2. The molecule has 0 bridgehead atoms. The van der Waals surface area contributed by atoms with Gasteiger partial charge in [-0.3, -0.25) is 14.9 Å². The zero-order chi connectivity index (χ0) is 30.7. The number of carbonyl (C=O) groups is 3. The third-order valence-corrected chi connectivity index (χ3v) is 8.49. The molecule has 0 radical (unpaired) electrons. The number of amides is 2. The maximum absolute atomic E-state index is 13.3. The zero-order valence-corrected chi connectivity index (χ0v) is 24.9. The predicted octanol–water partition coefficient (Wildman–Crippen LogP) is 4.28. The molecule has 2 amide bonds. The molecule has 1 aromatic heterocycles. The Morgan fingerprint density at radius 2 is 2.02 bits per heavy atom. The minimum Gasteiger partial charge on any atom is -0.480 e. The van der Waals surface area contributed by atoms with Crippen molar-refractivity contribution in [1.82, 2.24) is 20.4 Å². The Hall–Kier alpha value is -4.27. The van der Waals surface area contributed by atoms with Crippen LogP contribution in [0.15, 0.2) is 46.0 Å². The lowest BCUT2D eigenvalue weighted by Gasteiger charge is -2.32. The Labute approximate surface area is 258 Å². The largest absolute Gasteiger partial charge is 0.480 e. The molecule has 224 valence electrons. The quantitative estimate of drug-likeness (QED) is 0.159. The lowest BCUT2D eigenvalue weighted by molar-refractivity contribution is -0.138. The molecule has 0 saturated carbocycles. The van der Waals surface area contributed by atoms with E-state index in [1.165, 1.54) is 0 Å². The highest BCUT2D eigenvalue weighted by Crippen LogP contribution is 2.35. The van der Waals surface area contributed by atoms with Crippen molar-refractivity contribution < 1.29 is 23.9 Å². The van der Waals surface area contributed by atoms with Crippen LogP contribution in [-0.4, -0.2) is 70.9 Å². The van der Waals surface area contributed by atoms with Crippen LogP contribution in [0.1, 0.15) is 51.6 Å². The average molecular weight is 626 g/mol. The number of rotatable bonds is 6. The van der Waals surface area contributed by atoms with Crippen LogP contribution in [0.5, 0.6) is 0 Å². The van der Waals surface area contributed by atoms with Gasteiger partial charge in [-0.05, 0) is 60.6 Å². The van der Waals surface area contributed by atoms with E-state index in [4.69, 9.17) is 27.6 Å². The van der Waals surface area contributed by atoms with E-state index in [1.54, 1.807) is 29.4 Å². The number of hydrogen-bond donors (Lipinski definition) is 3.